The van der Waals surface area contributed by atoms with Crippen LogP contribution in [-0.2, 0) is 27.1 Å². The lowest BCUT2D eigenvalue weighted by atomic mass is 10.1. The van der Waals surface area contributed by atoms with E-state index in [-0.39, 0.29) is 5.97 Å². The Morgan fingerprint density at radius 2 is 2.00 bits per heavy atom. The fourth-order valence-corrected chi connectivity index (χ4v) is 3.12. The van der Waals surface area contributed by atoms with E-state index in [1.807, 2.05) is 6.92 Å². The number of thioether (sulfide) groups is 1. The molecular formula is C22H27NO4S. The summed E-state index contributed by atoms with van der Waals surface area (Å²) in [5.74, 6) is 8.04. The lowest BCUT2D eigenvalue weighted by Gasteiger charge is -1.99. The molecule has 0 bridgehead atoms. The highest BCUT2D eigenvalue weighted by Crippen LogP contribution is 2.22. The van der Waals surface area contributed by atoms with Crippen molar-refractivity contribution in [1.82, 2.24) is 4.98 Å². The molecule has 2 rings (SSSR count). The van der Waals surface area contributed by atoms with E-state index in [2.05, 4.69) is 52.8 Å². The number of rotatable bonds is 10. The van der Waals surface area contributed by atoms with Gasteiger partial charge in [-0.2, -0.15) is 0 Å². The van der Waals surface area contributed by atoms with Crippen molar-refractivity contribution in [2.45, 2.75) is 33.1 Å². The van der Waals surface area contributed by atoms with Gasteiger partial charge < -0.3 is 13.9 Å². The minimum atomic E-state index is -0.234. The normalized spacial score (nSPS) is 10.4. The SMILES string of the molecule is CCCc1ccc(-c2nc(CCOCC#CCSCC(=O)OC)c(C)o2)cc1. The smallest absolute Gasteiger partial charge is 0.315 e. The lowest BCUT2D eigenvalue weighted by molar-refractivity contribution is -0.137. The van der Waals surface area contributed by atoms with Crippen LogP contribution in [0.15, 0.2) is 28.7 Å². The van der Waals surface area contributed by atoms with Crippen LogP contribution in [0.25, 0.3) is 11.5 Å². The minimum absolute atomic E-state index is 0.234. The highest BCUT2D eigenvalue weighted by molar-refractivity contribution is 8.00. The fraction of sp³-hybridized carbons (Fsp3) is 0.455. The summed E-state index contributed by atoms with van der Waals surface area (Å²) >= 11 is 1.43. The lowest BCUT2D eigenvalue weighted by Crippen LogP contribution is -2.03. The summed E-state index contributed by atoms with van der Waals surface area (Å²) in [6, 6.07) is 8.38. The predicted molar refractivity (Wildman–Crippen MR) is 112 cm³/mol. The molecule has 2 aromatic rings. The molecule has 0 aliphatic heterocycles. The van der Waals surface area contributed by atoms with Gasteiger partial charge >= 0.3 is 5.97 Å². The first-order valence-electron chi connectivity index (χ1n) is 9.37. The molecule has 1 heterocycles. The van der Waals surface area contributed by atoms with E-state index in [4.69, 9.17) is 9.15 Å². The Balaban J connectivity index is 1.73. The number of hydrogen-bond acceptors (Lipinski definition) is 6. The van der Waals surface area contributed by atoms with Crippen LogP contribution >= 0.6 is 11.8 Å². The first-order chi connectivity index (χ1) is 13.6. The molecule has 0 unspecified atom stereocenters. The first-order valence-corrected chi connectivity index (χ1v) is 10.5. The van der Waals surface area contributed by atoms with Crippen molar-refractivity contribution in [3.8, 4) is 23.3 Å². The third kappa shape index (κ3) is 7.41. The van der Waals surface area contributed by atoms with Crippen LogP contribution in [0.3, 0.4) is 0 Å². The molecule has 0 fully saturated rings. The van der Waals surface area contributed by atoms with E-state index in [0.29, 0.717) is 37.0 Å². The van der Waals surface area contributed by atoms with Gasteiger partial charge in [-0.1, -0.05) is 37.3 Å². The summed E-state index contributed by atoms with van der Waals surface area (Å²) in [6.45, 7) is 5.00. The second-order valence-electron chi connectivity index (χ2n) is 6.19. The van der Waals surface area contributed by atoms with Gasteiger partial charge in [-0.25, -0.2) is 4.98 Å². The van der Waals surface area contributed by atoms with Gasteiger partial charge in [-0.05, 0) is 31.0 Å². The third-order valence-electron chi connectivity index (χ3n) is 4.04. The van der Waals surface area contributed by atoms with Crippen LogP contribution in [0.5, 0.6) is 0 Å². The molecule has 0 spiro atoms. The molecule has 1 aromatic carbocycles. The van der Waals surface area contributed by atoms with Crippen LogP contribution in [0.4, 0.5) is 0 Å². The van der Waals surface area contributed by atoms with Gasteiger partial charge in [-0.15, -0.1) is 11.8 Å². The van der Waals surface area contributed by atoms with Crippen LogP contribution in [0, 0.1) is 18.8 Å². The number of hydrogen-bond donors (Lipinski definition) is 0. The Bertz CT molecular complexity index is 802. The largest absolute Gasteiger partial charge is 0.468 e. The number of aryl methyl sites for hydroxylation is 2. The van der Waals surface area contributed by atoms with E-state index >= 15 is 0 Å². The first kappa shape index (κ1) is 22.1. The third-order valence-corrected chi connectivity index (χ3v) is 4.82. The molecule has 1 aromatic heterocycles. The van der Waals surface area contributed by atoms with Gasteiger partial charge in [0, 0.05) is 12.0 Å². The zero-order valence-electron chi connectivity index (χ0n) is 16.7. The van der Waals surface area contributed by atoms with Crippen molar-refractivity contribution in [3.05, 3.63) is 41.3 Å². The zero-order valence-corrected chi connectivity index (χ0v) is 17.6. The Kier molecular flexibility index (Phi) is 9.67. The van der Waals surface area contributed by atoms with Crippen molar-refractivity contribution < 1.29 is 18.7 Å². The quantitative estimate of drug-likeness (QED) is 0.340. The van der Waals surface area contributed by atoms with E-state index in [0.717, 1.165) is 29.9 Å². The monoisotopic (exact) mass is 401 g/mol. The van der Waals surface area contributed by atoms with E-state index in [1.165, 1.54) is 24.4 Å². The maximum Gasteiger partial charge on any atom is 0.315 e. The molecule has 0 aliphatic rings. The number of carbonyl (C=O) groups excluding carboxylic acids is 1. The van der Waals surface area contributed by atoms with Gasteiger partial charge in [0.2, 0.25) is 5.89 Å². The summed E-state index contributed by atoms with van der Waals surface area (Å²) in [4.78, 5) is 15.6. The molecule has 0 aliphatic carbocycles. The molecule has 0 radical (unpaired) electrons. The average molecular weight is 402 g/mol. The van der Waals surface area contributed by atoms with Crippen molar-refractivity contribution in [3.63, 3.8) is 0 Å². The van der Waals surface area contributed by atoms with E-state index < -0.39 is 0 Å². The minimum Gasteiger partial charge on any atom is -0.468 e. The molecule has 6 heteroatoms. The number of ether oxygens (including phenoxy) is 2. The second kappa shape index (κ2) is 12.3. The van der Waals surface area contributed by atoms with E-state index in [1.54, 1.807) is 0 Å². The molecule has 0 saturated carbocycles. The Labute approximate surface area is 171 Å². The second-order valence-corrected chi connectivity index (χ2v) is 7.18. The molecule has 0 saturated heterocycles. The molecule has 0 atom stereocenters. The van der Waals surface area contributed by atoms with Crippen molar-refractivity contribution in [1.29, 1.82) is 0 Å². The highest BCUT2D eigenvalue weighted by atomic mass is 32.2. The Hall–Kier alpha value is -2.23. The van der Waals surface area contributed by atoms with Gasteiger partial charge in [0.25, 0.3) is 0 Å². The fourth-order valence-electron chi connectivity index (χ4n) is 2.52. The van der Waals surface area contributed by atoms with Crippen LogP contribution < -0.4 is 0 Å². The molecule has 0 amide bonds. The van der Waals surface area contributed by atoms with Crippen LogP contribution in [0.2, 0.25) is 0 Å². The number of benzene rings is 1. The number of carbonyl (C=O) groups is 1. The zero-order chi connectivity index (χ0) is 20.2. The number of oxazole rings is 1. The van der Waals surface area contributed by atoms with Crippen LogP contribution in [-0.4, -0.2) is 42.8 Å². The summed E-state index contributed by atoms with van der Waals surface area (Å²) in [7, 11) is 1.38. The molecular weight excluding hydrogens is 374 g/mol. The average Bonchev–Trinajstić information content (AvgIpc) is 3.08. The number of esters is 1. The molecule has 5 nitrogen and oxygen atoms in total. The molecule has 150 valence electrons. The number of aromatic nitrogens is 1. The Morgan fingerprint density at radius 3 is 2.71 bits per heavy atom. The van der Waals surface area contributed by atoms with Gasteiger partial charge in [0.15, 0.2) is 0 Å². The van der Waals surface area contributed by atoms with Crippen molar-refractivity contribution in [2.24, 2.45) is 0 Å². The van der Waals surface area contributed by atoms with E-state index in [9.17, 15) is 4.79 Å². The van der Waals surface area contributed by atoms with Gasteiger partial charge in [0.05, 0.1) is 30.9 Å². The highest BCUT2D eigenvalue weighted by Gasteiger charge is 2.11. The summed E-state index contributed by atoms with van der Waals surface area (Å²) in [6.07, 6.45) is 2.90. The predicted octanol–water partition coefficient (Wildman–Crippen LogP) is 4.07. The maximum absolute atomic E-state index is 11.0. The number of nitrogens with zero attached hydrogens (tertiary/aromatic N) is 1. The summed E-state index contributed by atoms with van der Waals surface area (Å²) in [5.41, 5.74) is 3.23. The molecule has 0 N–H and O–H groups in total. The van der Waals surface area contributed by atoms with Gasteiger partial charge in [0.1, 0.15) is 12.4 Å². The van der Waals surface area contributed by atoms with Gasteiger partial charge in [-0.3, -0.25) is 4.79 Å². The molecule has 28 heavy (non-hydrogen) atoms. The summed E-state index contributed by atoms with van der Waals surface area (Å²) < 4.78 is 15.9. The standard InChI is InChI=1S/C22H27NO4S/c1-4-7-18-8-10-19(11-9-18)22-23-20(17(2)27-22)12-14-26-13-5-6-15-28-16-21(24)25-3/h8-11H,4,7,12-16H2,1-3H3. The Morgan fingerprint density at radius 1 is 1.21 bits per heavy atom. The summed E-state index contributed by atoms with van der Waals surface area (Å²) in [5, 5.41) is 0. The van der Waals surface area contributed by atoms with Crippen molar-refractivity contribution in [2.75, 3.05) is 31.8 Å². The van der Waals surface area contributed by atoms with Crippen molar-refractivity contribution >= 4 is 17.7 Å². The topological polar surface area (TPSA) is 61.6 Å². The van der Waals surface area contributed by atoms with Crippen LogP contribution in [0.1, 0.15) is 30.4 Å². The maximum atomic E-state index is 11.0. The number of methoxy groups -OCH3 is 1.